The van der Waals surface area contributed by atoms with E-state index in [1.165, 1.54) is 0 Å². The number of H-pyrrole nitrogens is 1. The summed E-state index contributed by atoms with van der Waals surface area (Å²) in [6.07, 6.45) is 1.81. The van der Waals surface area contributed by atoms with Gasteiger partial charge in [0, 0.05) is 5.39 Å². The maximum atomic E-state index is 3.88. The Balaban J connectivity index is 0. The number of fused-ring (bicyclic) bond motifs is 1. The first-order valence-electron chi connectivity index (χ1n) is 6.58. The van der Waals surface area contributed by atoms with Crippen molar-refractivity contribution in [2.24, 2.45) is 5.92 Å². The average Bonchev–Trinajstić information content (AvgIpc) is 2.81. The summed E-state index contributed by atoms with van der Waals surface area (Å²) in [6.45, 7) is 14.5. The first kappa shape index (κ1) is 18.1. The van der Waals surface area contributed by atoms with Crippen molar-refractivity contribution in [2.45, 2.75) is 48.5 Å². The number of rotatable bonds is 0. The molecule has 0 fully saturated rings. The molecule has 0 spiro atoms. The molecule has 0 bridgehead atoms. The normalized spacial score (nSPS) is 8.24. The molecule has 0 aliphatic carbocycles. The quantitative estimate of drug-likeness (QED) is 0.662. The molecule has 0 saturated heterocycles. The monoisotopic (exact) mass is 236 g/mol. The first-order chi connectivity index (χ1) is 8.20. The third kappa shape index (κ3) is 9.61. The number of para-hydroxylation sites is 1. The molecule has 2 aromatic rings. The van der Waals surface area contributed by atoms with E-state index in [-0.39, 0.29) is 0 Å². The molecule has 2 rings (SSSR count). The van der Waals surface area contributed by atoms with E-state index >= 15 is 0 Å². The maximum Gasteiger partial charge on any atom is 0.0650 e. The molecule has 1 N–H and O–H groups in total. The summed E-state index contributed by atoms with van der Waals surface area (Å²) in [4.78, 5) is 0. The molecule has 0 atom stereocenters. The number of benzene rings is 1. The van der Waals surface area contributed by atoms with Crippen LogP contribution in [0.25, 0.3) is 10.9 Å². The lowest BCUT2D eigenvalue weighted by molar-refractivity contribution is 0.737. The first-order valence-corrected chi connectivity index (χ1v) is 6.58. The zero-order valence-corrected chi connectivity index (χ0v) is 12.4. The van der Waals surface area contributed by atoms with Gasteiger partial charge in [-0.3, -0.25) is 5.10 Å². The summed E-state index contributed by atoms with van der Waals surface area (Å²) in [5.74, 6) is 0.833. The number of nitrogens with zero attached hydrogens (tertiary/aromatic N) is 1. The summed E-state index contributed by atoms with van der Waals surface area (Å²) >= 11 is 0. The van der Waals surface area contributed by atoms with E-state index in [2.05, 4.69) is 31.0 Å². The molecule has 2 nitrogen and oxygen atoms in total. The smallest absolute Gasteiger partial charge is 0.0650 e. The summed E-state index contributed by atoms with van der Waals surface area (Å²) in [5, 5.41) is 7.91. The summed E-state index contributed by atoms with van der Waals surface area (Å²) in [5.41, 5.74) is 1.09. The molecule has 0 aliphatic heterocycles. The molecule has 0 aliphatic rings. The summed E-state index contributed by atoms with van der Waals surface area (Å²) < 4.78 is 0. The summed E-state index contributed by atoms with van der Waals surface area (Å²) in [6, 6.07) is 8.01. The fraction of sp³-hybridized carbons (Fsp3) is 0.533. The lowest BCUT2D eigenvalue weighted by Crippen LogP contribution is -1.66. The van der Waals surface area contributed by atoms with Crippen LogP contribution in [0.2, 0.25) is 0 Å². The predicted octanol–water partition coefficient (Wildman–Crippen LogP) is 5.28. The van der Waals surface area contributed by atoms with Crippen molar-refractivity contribution in [3.8, 4) is 0 Å². The highest BCUT2D eigenvalue weighted by Crippen LogP contribution is 2.06. The van der Waals surface area contributed by atoms with Crippen molar-refractivity contribution in [3.63, 3.8) is 0 Å². The van der Waals surface area contributed by atoms with Crippen LogP contribution in [0, 0.1) is 5.92 Å². The minimum Gasteiger partial charge on any atom is -0.278 e. The molecule has 1 aromatic carbocycles. The van der Waals surface area contributed by atoms with Gasteiger partial charge in [0.1, 0.15) is 0 Å². The lowest BCUT2D eigenvalue weighted by atomic mass is 10.3. The molecular formula is C15H28N2. The van der Waals surface area contributed by atoms with Crippen molar-refractivity contribution in [2.75, 3.05) is 0 Å². The van der Waals surface area contributed by atoms with Gasteiger partial charge >= 0.3 is 0 Å². The fourth-order valence-electron chi connectivity index (χ4n) is 0.883. The number of hydrogen-bond acceptors (Lipinski definition) is 1. The van der Waals surface area contributed by atoms with Crippen molar-refractivity contribution < 1.29 is 0 Å². The van der Waals surface area contributed by atoms with Crippen molar-refractivity contribution in [1.29, 1.82) is 0 Å². The van der Waals surface area contributed by atoms with Crippen LogP contribution in [0.4, 0.5) is 0 Å². The van der Waals surface area contributed by atoms with Gasteiger partial charge in [-0.2, -0.15) is 5.10 Å². The largest absolute Gasteiger partial charge is 0.278 e. The Morgan fingerprint density at radius 1 is 0.941 bits per heavy atom. The number of aromatic amines is 1. The van der Waals surface area contributed by atoms with Crippen LogP contribution in [-0.4, -0.2) is 10.2 Å². The second-order valence-corrected chi connectivity index (χ2v) is 3.69. The van der Waals surface area contributed by atoms with Crippen molar-refractivity contribution in [1.82, 2.24) is 10.2 Å². The zero-order chi connectivity index (χ0) is 13.7. The van der Waals surface area contributed by atoms with E-state index in [9.17, 15) is 0 Å². The highest BCUT2D eigenvalue weighted by atomic mass is 15.1. The molecule has 1 aromatic heterocycles. The molecule has 0 saturated carbocycles. The second kappa shape index (κ2) is 12.8. The molecule has 0 radical (unpaired) electrons. The Labute approximate surface area is 106 Å². The Bertz CT molecular complexity index is 317. The Morgan fingerprint density at radius 2 is 1.41 bits per heavy atom. The van der Waals surface area contributed by atoms with Crippen LogP contribution in [0.1, 0.15) is 48.5 Å². The fourth-order valence-corrected chi connectivity index (χ4v) is 0.883. The van der Waals surface area contributed by atoms with Crippen LogP contribution in [0.3, 0.4) is 0 Å². The van der Waals surface area contributed by atoms with Crippen LogP contribution < -0.4 is 0 Å². The molecule has 0 amide bonds. The van der Waals surface area contributed by atoms with E-state index in [0.717, 1.165) is 16.8 Å². The number of hydrogen-bond donors (Lipinski definition) is 1. The van der Waals surface area contributed by atoms with E-state index < -0.39 is 0 Å². The van der Waals surface area contributed by atoms with Crippen LogP contribution in [0.5, 0.6) is 0 Å². The number of nitrogens with one attached hydrogen (secondary N) is 1. The SMILES string of the molecule is CC.CC.CC(C)C.c1ccc2[nH]ncc2c1. The highest BCUT2D eigenvalue weighted by molar-refractivity contribution is 5.77. The van der Waals surface area contributed by atoms with E-state index in [0.29, 0.717) is 0 Å². The van der Waals surface area contributed by atoms with Gasteiger partial charge in [-0.15, -0.1) is 0 Å². The van der Waals surface area contributed by atoms with Crippen molar-refractivity contribution in [3.05, 3.63) is 30.5 Å². The van der Waals surface area contributed by atoms with Gasteiger partial charge in [0.05, 0.1) is 11.7 Å². The van der Waals surface area contributed by atoms with Gasteiger partial charge in [0.25, 0.3) is 0 Å². The molecule has 2 heteroatoms. The minimum absolute atomic E-state index is 0.833. The van der Waals surface area contributed by atoms with Crippen molar-refractivity contribution >= 4 is 10.9 Å². The van der Waals surface area contributed by atoms with Crippen LogP contribution in [-0.2, 0) is 0 Å². The topological polar surface area (TPSA) is 28.7 Å². The molecule has 17 heavy (non-hydrogen) atoms. The second-order valence-electron chi connectivity index (χ2n) is 3.69. The van der Waals surface area contributed by atoms with Gasteiger partial charge in [0.2, 0.25) is 0 Å². The molecule has 98 valence electrons. The average molecular weight is 236 g/mol. The summed E-state index contributed by atoms with van der Waals surface area (Å²) in [7, 11) is 0. The van der Waals surface area contributed by atoms with Gasteiger partial charge < -0.3 is 0 Å². The minimum atomic E-state index is 0.833. The highest BCUT2D eigenvalue weighted by Gasteiger charge is 1.88. The Kier molecular flexibility index (Phi) is 13.6. The maximum absolute atomic E-state index is 3.88. The Hall–Kier alpha value is -1.31. The number of aromatic nitrogens is 2. The van der Waals surface area contributed by atoms with Gasteiger partial charge in [-0.1, -0.05) is 66.7 Å². The van der Waals surface area contributed by atoms with E-state index in [4.69, 9.17) is 0 Å². The lowest BCUT2D eigenvalue weighted by Gasteiger charge is -1.81. The molecule has 1 heterocycles. The molecular weight excluding hydrogens is 208 g/mol. The van der Waals surface area contributed by atoms with Gasteiger partial charge in [0.15, 0.2) is 0 Å². The van der Waals surface area contributed by atoms with E-state index in [1.807, 2.05) is 58.2 Å². The predicted molar refractivity (Wildman–Crippen MR) is 79.3 cm³/mol. The van der Waals surface area contributed by atoms with Gasteiger partial charge in [-0.05, 0) is 12.0 Å². The third-order valence-electron chi connectivity index (χ3n) is 1.35. The zero-order valence-electron chi connectivity index (χ0n) is 12.4. The molecule has 0 unspecified atom stereocenters. The standard InChI is InChI=1S/C7H6N2.C4H10.2C2H6/c1-2-4-7-6(3-1)5-8-9-7;1-4(2)3;2*1-2/h1-5H,(H,8,9);4H,1-3H3;2*1-2H3. The van der Waals surface area contributed by atoms with Gasteiger partial charge in [-0.25, -0.2) is 0 Å². The van der Waals surface area contributed by atoms with Crippen LogP contribution in [0.15, 0.2) is 30.5 Å². The van der Waals surface area contributed by atoms with E-state index in [1.54, 1.807) is 0 Å². The third-order valence-corrected chi connectivity index (χ3v) is 1.35. The van der Waals surface area contributed by atoms with Crippen LogP contribution >= 0.6 is 0 Å². The Morgan fingerprint density at radius 3 is 1.88 bits per heavy atom.